The van der Waals surface area contributed by atoms with Crippen molar-refractivity contribution in [2.75, 3.05) is 26.6 Å². The van der Waals surface area contributed by atoms with Crippen LogP contribution in [0.15, 0.2) is 40.9 Å². The summed E-state index contributed by atoms with van der Waals surface area (Å²) < 4.78 is 35.6. The largest absolute Gasteiger partial charge is 0.454 e. The number of benzene rings is 2. The van der Waals surface area contributed by atoms with Crippen molar-refractivity contribution >= 4 is 5.91 Å². The summed E-state index contributed by atoms with van der Waals surface area (Å²) in [5.74, 6) is 1.68. The zero-order chi connectivity index (χ0) is 23.5. The lowest BCUT2D eigenvalue weighted by atomic mass is 9.74. The predicted octanol–water partition coefficient (Wildman–Crippen LogP) is 3.71. The molecule has 1 amide bonds. The Morgan fingerprint density at radius 1 is 1.12 bits per heavy atom. The van der Waals surface area contributed by atoms with Crippen molar-refractivity contribution in [2.24, 2.45) is 0 Å². The zero-order valence-electron chi connectivity index (χ0n) is 18.9. The van der Waals surface area contributed by atoms with Crippen molar-refractivity contribution < 1.29 is 27.9 Å². The Kier molecular flexibility index (Phi) is 6.19. The molecule has 0 bridgehead atoms. The molecule has 3 heterocycles. The van der Waals surface area contributed by atoms with E-state index in [0.29, 0.717) is 49.0 Å². The molecule has 1 saturated heterocycles. The normalized spacial score (nSPS) is 16.4. The number of hydrogen-bond donors (Lipinski definition) is 1. The molecule has 178 valence electrons. The highest BCUT2D eigenvalue weighted by Gasteiger charge is 2.36. The lowest BCUT2D eigenvalue weighted by Gasteiger charge is -2.38. The minimum Gasteiger partial charge on any atom is -0.454 e. The van der Waals surface area contributed by atoms with Crippen LogP contribution in [-0.2, 0) is 21.4 Å². The molecule has 34 heavy (non-hydrogen) atoms. The van der Waals surface area contributed by atoms with E-state index in [9.17, 15) is 9.18 Å². The summed E-state index contributed by atoms with van der Waals surface area (Å²) in [7, 11) is 0. The Bertz CT molecular complexity index is 1190. The van der Waals surface area contributed by atoms with E-state index in [4.69, 9.17) is 18.7 Å². The van der Waals surface area contributed by atoms with Gasteiger partial charge in [0, 0.05) is 43.6 Å². The van der Waals surface area contributed by atoms with Gasteiger partial charge in [-0.05, 0) is 49.1 Å². The van der Waals surface area contributed by atoms with Crippen LogP contribution in [-0.4, -0.2) is 42.6 Å². The average molecular weight is 467 g/mol. The van der Waals surface area contributed by atoms with Gasteiger partial charge in [-0.25, -0.2) is 4.39 Å². The van der Waals surface area contributed by atoms with E-state index in [2.05, 4.69) is 15.5 Å². The summed E-state index contributed by atoms with van der Waals surface area (Å²) in [6.45, 7) is 3.67. The Hall–Kier alpha value is -3.46. The van der Waals surface area contributed by atoms with Crippen molar-refractivity contribution in [3.8, 4) is 22.9 Å². The molecule has 0 aliphatic carbocycles. The quantitative estimate of drug-likeness (QED) is 0.566. The van der Waals surface area contributed by atoms with Crippen molar-refractivity contribution in [3.63, 3.8) is 0 Å². The molecular weight excluding hydrogens is 441 g/mol. The summed E-state index contributed by atoms with van der Waals surface area (Å²) in [4.78, 5) is 17.0. The molecule has 1 fully saturated rings. The second kappa shape index (κ2) is 9.42. The van der Waals surface area contributed by atoms with E-state index >= 15 is 0 Å². The number of ether oxygens (including phenoxy) is 3. The van der Waals surface area contributed by atoms with Gasteiger partial charge in [0.25, 0.3) is 0 Å². The first kappa shape index (κ1) is 22.3. The van der Waals surface area contributed by atoms with Crippen LogP contribution < -0.4 is 14.8 Å². The van der Waals surface area contributed by atoms with Crippen molar-refractivity contribution in [1.29, 1.82) is 0 Å². The monoisotopic (exact) mass is 467 g/mol. The summed E-state index contributed by atoms with van der Waals surface area (Å²) in [5, 5.41) is 6.99. The number of carbonyl (C=O) groups excluding carboxylic acids is 1. The van der Waals surface area contributed by atoms with Crippen molar-refractivity contribution in [3.05, 3.63) is 59.2 Å². The van der Waals surface area contributed by atoms with Crippen LogP contribution in [0, 0.1) is 12.7 Å². The number of aromatic nitrogens is 2. The highest BCUT2D eigenvalue weighted by molar-refractivity contribution is 5.76. The number of aryl methyl sites for hydroxylation is 2. The fourth-order valence-corrected chi connectivity index (χ4v) is 4.34. The maximum Gasteiger partial charge on any atom is 0.231 e. The second-order valence-electron chi connectivity index (χ2n) is 8.71. The van der Waals surface area contributed by atoms with Crippen LogP contribution in [0.1, 0.15) is 36.3 Å². The zero-order valence-corrected chi connectivity index (χ0v) is 18.9. The van der Waals surface area contributed by atoms with Gasteiger partial charge >= 0.3 is 0 Å². The van der Waals surface area contributed by atoms with E-state index in [1.165, 1.54) is 6.07 Å². The number of nitrogens with one attached hydrogen (secondary N) is 1. The van der Waals surface area contributed by atoms with Gasteiger partial charge in [0.2, 0.25) is 24.4 Å². The minimum absolute atomic E-state index is 0.104. The Labute approximate surface area is 196 Å². The maximum atomic E-state index is 13.8. The summed E-state index contributed by atoms with van der Waals surface area (Å²) in [5.41, 5.74) is 1.95. The van der Waals surface area contributed by atoms with Crippen molar-refractivity contribution in [1.82, 2.24) is 15.5 Å². The van der Waals surface area contributed by atoms with Gasteiger partial charge in [0.05, 0.1) is 0 Å². The first-order chi connectivity index (χ1) is 16.5. The van der Waals surface area contributed by atoms with Crippen LogP contribution in [0.25, 0.3) is 11.4 Å². The van der Waals surface area contributed by atoms with Crippen LogP contribution in [0.5, 0.6) is 11.5 Å². The topological polar surface area (TPSA) is 95.7 Å². The number of nitrogens with zero attached hydrogens (tertiary/aromatic N) is 2. The smallest absolute Gasteiger partial charge is 0.231 e. The molecule has 2 aliphatic heterocycles. The highest BCUT2D eigenvalue weighted by atomic mass is 19.1. The number of rotatable bonds is 7. The first-order valence-corrected chi connectivity index (χ1v) is 11.4. The van der Waals surface area contributed by atoms with E-state index in [1.807, 2.05) is 18.2 Å². The van der Waals surface area contributed by atoms with Gasteiger partial charge in [-0.3, -0.25) is 4.79 Å². The molecule has 9 heteroatoms. The molecule has 2 aromatic carbocycles. The van der Waals surface area contributed by atoms with Crippen molar-refractivity contribution in [2.45, 2.75) is 38.0 Å². The van der Waals surface area contributed by atoms with E-state index in [-0.39, 0.29) is 30.4 Å². The molecule has 0 unspecified atom stereocenters. The van der Waals surface area contributed by atoms with Gasteiger partial charge in [0.1, 0.15) is 5.82 Å². The third-order valence-electron chi connectivity index (χ3n) is 6.52. The average Bonchev–Trinajstić information content (AvgIpc) is 3.53. The SMILES string of the molecule is Cc1ccc(-c2noc(CCC(=O)NCC3(c4ccc5c(c4)OCO5)CCOCC3)n2)cc1F. The Morgan fingerprint density at radius 3 is 2.76 bits per heavy atom. The Morgan fingerprint density at radius 2 is 1.94 bits per heavy atom. The van der Waals surface area contributed by atoms with E-state index in [1.54, 1.807) is 19.1 Å². The van der Waals surface area contributed by atoms with Crippen LogP contribution >= 0.6 is 0 Å². The van der Waals surface area contributed by atoms with Crippen LogP contribution in [0.2, 0.25) is 0 Å². The third kappa shape index (κ3) is 4.61. The van der Waals surface area contributed by atoms with Gasteiger partial charge in [0.15, 0.2) is 11.5 Å². The predicted molar refractivity (Wildman–Crippen MR) is 120 cm³/mol. The molecular formula is C25H26FN3O5. The van der Waals surface area contributed by atoms with Gasteiger partial charge in [-0.15, -0.1) is 0 Å². The van der Waals surface area contributed by atoms with Crippen LogP contribution in [0.4, 0.5) is 4.39 Å². The van der Waals surface area contributed by atoms with Gasteiger partial charge < -0.3 is 24.1 Å². The number of hydrogen-bond acceptors (Lipinski definition) is 7. The lowest BCUT2D eigenvalue weighted by molar-refractivity contribution is -0.121. The fraction of sp³-hybridized carbons (Fsp3) is 0.400. The molecule has 0 radical (unpaired) electrons. The maximum absolute atomic E-state index is 13.8. The molecule has 0 saturated carbocycles. The summed E-state index contributed by atoms with van der Waals surface area (Å²) in [6.07, 6.45) is 2.10. The summed E-state index contributed by atoms with van der Waals surface area (Å²) in [6, 6.07) is 10.8. The standard InChI is InChI=1S/C25H26FN3O5/c1-16-2-3-17(12-19(16)26)24-28-23(34-29-24)7-6-22(30)27-14-25(8-10-31-11-9-25)18-4-5-20-21(13-18)33-15-32-20/h2-5,12-13H,6-11,14-15H2,1H3,(H,27,30). The first-order valence-electron chi connectivity index (χ1n) is 11.4. The molecule has 1 N–H and O–H groups in total. The summed E-state index contributed by atoms with van der Waals surface area (Å²) >= 11 is 0. The fourth-order valence-electron chi connectivity index (χ4n) is 4.34. The van der Waals surface area contributed by atoms with E-state index in [0.717, 1.165) is 29.9 Å². The number of fused-ring (bicyclic) bond motifs is 1. The Balaban J connectivity index is 1.20. The molecule has 3 aromatic rings. The number of amides is 1. The molecule has 5 rings (SSSR count). The molecule has 2 aliphatic rings. The van der Waals surface area contributed by atoms with Gasteiger partial charge in [-0.2, -0.15) is 4.98 Å². The molecule has 0 spiro atoms. The molecule has 1 aromatic heterocycles. The lowest BCUT2D eigenvalue weighted by Crippen LogP contribution is -2.44. The van der Waals surface area contributed by atoms with Gasteiger partial charge in [-0.1, -0.05) is 23.4 Å². The number of carbonyl (C=O) groups is 1. The molecule has 8 nitrogen and oxygen atoms in total. The van der Waals surface area contributed by atoms with E-state index < -0.39 is 0 Å². The third-order valence-corrected chi connectivity index (χ3v) is 6.52. The van der Waals surface area contributed by atoms with Crippen LogP contribution in [0.3, 0.4) is 0 Å². The highest BCUT2D eigenvalue weighted by Crippen LogP contribution is 2.40. The minimum atomic E-state index is -0.326. The number of halogens is 1. The second-order valence-corrected chi connectivity index (χ2v) is 8.71. The molecule has 0 atom stereocenters.